The molecule has 0 fully saturated rings. The van der Waals surface area contributed by atoms with Crippen LogP contribution in [0.2, 0.25) is 5.02 Å². The highest BCUT2D eigenvalue weighted by Gasteiger charge is 2.17. The van der Waals surface area contributed by atoms with Gasteiger partial charge in [0.05, 0.1) is 11.9 Å². The Morgan fingerprint density at radius 1 is 1.19 bits per heavy atom. The van der Waals surface area contributed by atoms with Crippen LogP contribution < -0.4 is 14.4 Å². The second kappa shape index (κ2) is 7.97. The van der Waals surface area contributed by atoms with Crippen molar-refractivity contribution in [2.45, 2.75) is 20.0 Å². The average molecular weight is 397 g/mol. The summed E-state index contributed by atoms with van der Waals surface area (Å²) in [5, 5.41) is 3.36. The number of rotatable bonds is 6. The Hall–Kier alpha value is -2.25. The molecule has 1 amide bonds. The molecule has 0 saturated heterocycles. The molecule has 2 aromatic rings. The van der Waals surface area contributed by atoms with Crippen molar-refractivity contribution in [3.05, 3.63) is 53.1 Å². The lowest BCUT2D eigenvalue weighted by Crippen LogP contribution is -2.30. The SMILES string of the molecule is Cc1c(Cl)cccc1NC(=O)[C@H](C)Oc1ccc(N(C)S(C)(=O)=O)cc1. The van der Waals surface area contributed by atoms with E-state index in [0.29, 0.717) is 22.1 Å². The number of hydrogen-bond acceptors (Lipinski definition) is 4. The molecular weight excluding hydrogens is 376 g/mol. The van der Waals surface area contributed by atoms with Crippen molar-refractivity contribution >= 4 is 38.9 Å². The highest BCUT2D eigenvalue weighted by Crippen LogP contribution is 2.24. The van der Waals surface area contributed by atoms with Gasteiger partial charge >= 0.3 is 0 Å². The first kappa shape index (κ1) is 20.1. The van der Waals surface area contributed by atoms with Crippen LogP contribution in [-0.2, 0) is 14.8 Å². The van der Waals surface area contributed by atoms with Gasteiger partial charge in [0.1, 0.15) is 5.75 Å². The third-order valence-electron chi connectivity index (χ3n) is 3.91. The molecule has 0 unspecified atom stereocenters. The molecule has 2 rings (SSSR count). The van der Waals surface area contributed by atoms with Crippen LogP contribution in [0.1, 0.15) is 12.5 Å². The lowest BCUT2D eigenvalue weighted by atomic mass is 10.2. The third kappa shape index (κ3) is 4.89. The average Bonchev–Trinajstić information content (AvgIpc) is 2.58. The highest BCUT2D eigenvalue weighted by molar-refractivity contribution is 7.92. The number of carbonyl (C=O) groups is 1. The summed E-state index contributed by atoms with van der Waals surface area (Å²) in [6.07, 6.45) is 0.383. The molecule has 1 N–H and O–H groups in total. The van der Waals surface area contributed by atoms with E-state index in [4.69, 9.17) is 16.3 Å². The summed E-state index contributed by atoms with van der Waals surface area (Å²) in [5.74, 6) is 0.147. The molecule has 0 aliphatic heterocycles. The predicted molar refractivity (Wildman–Crippen MR) is 105 cm³/mol. The maximum Gasteiger partial charge on any atom is 0.265 e. The lowest BCUT2D eigenvalue weighted by molar-refractivity contribution is -0.122. The van der Waals surface area contributed by atoms with E-state index in [1.165, 1.54) is 7.05 Å². The molecule has 0 heterocycles. The Balaban J connectivity index is 2.04. The van der Waals surface area contributed by atoms with Crippen LogP contribution in [0.15, 0.2) is 42.5 Å². The number of sulfonamides is 1. The van der Waals surface area contributed by atoms with Gasteiger partial charge in [-0.3, -0.25) is 9.10 Å². The van der Waals surface area contributed by atoms with Crippen LogP contribution in [0.25, 0.3) is 0 Å². The van der Waals surface area contributed by atoms with Gasteiger partial charge in [-0.25, -0.2) is 8.42 Å². The van der Waals surface area contributed by atoms with Crippen molar-refractivity contribution in [3.8, 4) is 5.75 Å². The normalized spacial score (nSPS) is 12.3. The van der Waals surface area contributed by atoms with Gasteiger partial charge < -0.3 is 10.1 Å². The maximum absolute atomic E-state index is 12.3. The standard InChI is InChI=1S/C18H21ClN2O4S/c1-12-16(19)6-5-7-17(12)20-18(22)13(2)25-15-10-8-14(9-11-15)21(3)26(4,23)24/h5-11,13H,1-4H3,(H,20,22)/t13-/m0/s1. The molecule has 2 aromatic carbocycles. The summed E-state index contributed by atoms with van der Waals surface area (Å²) in [4.78, 5) is 12.3. The van der Waals surface area contributed by atoms with E-state index in [0.717, 1.165) is 16.1 Å². The van der Waals surface area contributed by atoms with E-state index in [9.17, 15) is 13.2 Å². The Labute approximate surface area is 158 Å². The summed E-state index contributed by atoms with van der Waals surface area (Å²) in [6.45, 7) is 3.45. The first-order chi connectivity index (χ1) is 12.1. The Bertz CT molecular complexity index is 898. The van der Waals surface area contributed by atoms with Crippen molar-refractivity contribution in [1.82, 2.24) is 0 Å². The molecule has 6 nitrogen and oxygen atoms in total. The minimum atomic E-state index is -3.33. The topological polar surface area (TPSA) is 75.7 Å². The van der Waals surface area contributed by atoms with E-state index < -0.39 is 16.1 Å². The summed E-state index contributed by atoms with van der Waals surface area (Å²) < 4.78 is 29.9. The van der Waals surface area contributed by atoms with Crippen LogP contribution in [0.5, 0.6) is 5.75 Å². The first-order valence-corrected chi connectivity index (χ1v) is 10.1. The van der Waals surface area contributed by atoms with Gasteiger partial charge in [-0.1, -0.05) is 17.7 Å². The second-order valence-electron chi connectivity index (χ2n) is 5.89. The van der Waals surface area contributed by atoms with Crippen molar-refractivity contribution in [1.29, 1.82) is 0 Å². The molecule has 0 radical (unpaired) electrons. The number of amides is 1. The molecule has 140 valence electrons. The highest BCUT2D eigenvalue weighted by atomic mass is 35.5. The van der Waals surface area contributed by atoms with Gasteiger partial charge in [-0.2, -0.15) is 0 Å². The van der Waals surface area contributed by atoms with Crippen molar-refractivity contribution in [2.24, 2.45) is 0 Å². The second-order valence-corrected chi connectivity index (χ2v) is 8.31. The summed E-state index contributed by atoms with van der Waals surface area (Å²) in [6, 6.07) is 11.7. The number of nitrogens with zero attached hydrogens (tertiary/aromatic N) is 1. The fourth-order valence-corrected chi connectivity index (χ4v) is 2.84. The van der Waals surface area contributed by atoms with Crippen LogP contribution in [0.3, 0.4) is 0 Å². The fourth-order valence-electron chi connectivity index (χ4n) is 2.16. The van der Waals surface area contributed by atoms with Gasteiger partial charge in [0, 0.05) is 17.8 Å². The molecular formula is C18H21ClN2O4S. The molecule has 8 heteroatoms. The van der Waals surface area contributed by atoms with Crippen molar-refractivity contribution in [3.63, 3.8) is 0 Å². The van der Waals surface area contributed by atoms with E-state index in [2.05, 4.69) is 5.32 Å². The zero-order valence-electron chi connectivity index (χ0n) is 15.0. The van der Waals surface area contributed by atoms with Gasteiger partial charge in [0.15, 0.2) is 6.10 Å². The number of anilines is 2. The van der Waals surface area contributed by atoms with Crippen LogP contribution in [-0.4, -0.2) is 33.7 Å². The monoisotopic (exact) mass is 396 g/mol. The third-order valence-corrected chi connectivity index (χ3v) is 5.52. The number of ether oxygens (including phenoxy) is 1. The number of benzene rings is 2. The predicted octanol–water partition coefficient (Wildman–Crippen LogP) is 3.45. The zero-order valence-corrected chi connectivity index (χ0v) is 16.6. The Kier molecular flexibility index (Phi) is 6.15. The molecule has 0 aliphatic rings. The molecule has 26 heavy (non-hydrogen) atoms. The number of hydrogen-bond donors (Lipinski definition) is 1. The minimum Gasteiger partial charge on any atom is -0.481 e. The Morgan fingerprint density at radius 2 is 1.81 bits per heavy atom. The summed E-state index contributed by atoms with van der Waals surface area (Å²) in [5.41, 5.74) is 1.91. The van der Waals surface area contributed by atoms with Crippen LogP contribution in [0.4, 0.5) is 11.4 Å². The molecule has 0 aromatic heterocycles. The molecule has 0 aliphatic carbocycles. The van der Waals surface area contributed by atoms with Gasteiger partial charge in [-0.05, 0) is 55.8 Å². The van der Waals surface area contributed by atoms with Crippen LogP contribution >= 0.6 is 11.6 Å². The number of carbonyl (C=O) groups excluding carboxylic acids is 1. The van der Waals surface area contributed by atoms with Gasteiger partial charge in [0.2, 0.25) is 10.0 Å². The summed E-state index contributed by atoms with van der Waals surface area (Å²) in [7, 11) is -1.86. The smallest absolute Gasteiger partial charge is 0.265 e. The van der Waals surface area contributed by atoms with E-state index in [1.807, 2.05) is 6.92 Å². The zero-order chi connectivity index (χ0) is 19.5. The van der Waals surface area contributed by atoms with Crippen molar-refractivity contribution in [2.75, 3.05) is 22.9 Å². The van der Waals surface area contributed by atoms with Gasteiger partial charge in [-0.15, -0.1) is 0 Å². The largest absolute Gasteiger partial charge is 0.481 e. The lowest BCUT2D eigenvalue weighted by Gasteiger charge is -2.18. The Morgan fingerprint density at radius 3 is 2.38 bits per heavy atom. The quantitative estimate of drug-likeness (QED) is 0.811. The molecule has 0 spiro atoms. The van der Waals surface area contributed by atoms with Crippen molar-refractivity contribution < 1.29 is 17.9 Å². The van der Waals surface area contributed by atoms with Crippen LogP contribution in [0, 0.1) is 6.92 Å². The van der Waals surface area contributed by atoms with E-state index >= 15 is 0 Å². The maximum atomic E-state index is 12.3. The minimum absolute atomic E-state index is 0.312. The number of halogens is 1. The van der Waals surface area contributed by atoms with E-state index in [-0.39, 0.29) is 5.91 Å². The first-order valence-electron chi connectivity index (χ1n) is 7.86. The summed E-state index contributed by atoms with van der Waals surface area (Å²) >= 11 is 6.05. The molecule has 1 atom stereocenters. The molecule has 0 bridgehead atoms. The van der Waals surface area contributed by atoms with E-state index in [1.54, 1.807) is 49.4 Å². The van der Waals surface area contributed by atoms with Gasteiger partial charge in [0.25, 0.3) is 5.91 Å². The number of nitrogens with one attached hydrogen (secondary N) is 1. The fraction of sp³-hybridized carbons (Fsp3) is 0.278. The molecule has 0 saturated carbocycles.